The van der Waals surface area contributed by atoms with Crippen molar-refractivity contribution in [1.82, 2.24) is 4.57 Å². The van der Waals surface area contributed by atoms with Gasteiger partial charge in [0, 0.05) is 49.3 Å². The Morgan fingerprint density at radius 2 is 0.924 bits per heavy atom. The molecule has 0 saturated heterocycles. The maximum Gasteiger partial charge on any atom is 0.135 e. The van der Waals surface area contributed by atoms with Gasteiger partial charge in [0.1, 0.15) is 22.3 Å². The number of fused-ring (bicyclic) bond motifs is 11. The molecule has 0 fully saturated rings. The van der Waals surface area contributed by atoms with Gasteiger partial charge in [-0.3, -0.25) is 0 Å². The van der Waals surface area contributed by atoms with E-state index in [1.165, 1.54) is 88.4 Å². The van der Waals surface area contributed by atoms with Crippen LogP contribution in [0.25, 0.3) is 110 Å². The minimum Gasteiger partial charge on any atom is -0.456 e. The summed E-state index contributed by atoms with van der Waals surface area (Å²) in [6.07, 6.45) is 5.83. The Bertz CT molecular complexity index is 4030. The fourth-order valence-electron chi connectivity index (χ4n) is 11.4. The molecule has 312 valence electrons. The summed E-state index contributed by atoms with van der Waals surface area (Å²) in [7, 11) is 0. The number of para-hydroxylation sites is 1. The van der Waals surface area contributed by atoms with E-state index in [2.05, 4.69) is 225 Å². The zero-order valence-corrected chi connectivity index (χ0v) is 36.7. The van der Waals surface area contributed by atoms with Gasteiger partial charge in [0.2, 0.25) is 0 Å². The Kier molecular flexibility index (Phi) is 7.86. The predicted octanol–water partition coefficient (Wildman–Crippen LogP) is 17.4. The standard InChI is InChI=1S/C63H43NO2/c1-63(2)55-35-45(44-23-29-62-54(34-44)52-32-41(21-27-60(52)66-62)39-14-8-4-9-15-39)18-24-47(55)48-36-50-49-30-42(19-25-57(49)64(58(50)37-56(48)63)46-16-10-5-11-17-46)43-22-28-61-53(33-43)51-31-40(20-26-59(51)65-61)38-12-6-3-7-13-38/h3-34,36-37,45H,35H2,1-2H3. The Morgan fingerprint density at radius 3 is 1.52 bits per heavy atom. The Labute approximate surface area is 382 Å². The number of hydrogen-bond donors (Lipinski definition) is 0. The number of allylic oxidation sites excluding steroid dienone is 4. The topological polar surface area (TPSA) is 31.2 Å². The van der Waals surface area contributed by atoms with Gasteiger partial charge in [0.15, 0.2) is 0 Å². The number of nitrogens with zero attached hydrogens (tertiary/aromatic N) is 1. The van der Waals surface area contributed by atoms with Crippen molar-refractivity contribution >= 4 is 71.3 Å². The third kappa shape index (κ3) is 5.56. The first kappa shape index (κ1) is 37.3. The third-order valence-electron chi connectivity index (χ3n) is 14.8. The Hall–Kier alpha value is -8.14. The van der Waals surface area contributed by atoms with Crippen molar-refractivity contribution in [2.45, 2.75) is 31.6 Å². The quantitative estimate of drug-likeness (QED) is 0.173. The predicted molar refractivity (Wildman–Crippen MR) is 275 cm³/mol. The Morgan fingerprint density at radius 1 is 0.439 bits per heavy atom. The molecule has 14 rings (SSSR count). The van der Waals surface area contributed by atoms with Gasteiger partial charge in [-0.2, -0.15) is 0 Å². The van der Waals surface area contributed by atoms with Crippen LogP contribution in [-0.2, 0) is 5.41 Å². The van der Waals surface area contributed by atoms with Gasteiger partial charge in [-0.1, -0.05) is 141 Å². The van der Waals surface area contributed by atoms with Crippen molar-refractivity contribution < 1.29 is 8.83 Å². The molecule has 12 aromatic rings. The Balaban J connectivity index is 0.874. The monoisotopic (exact) mass is 845 g/mol. The van der Waals surface area contributed by atoms with Crippen LogP contribution in [-0.4, -0.2) is 4.57 Å². The summed E-state index contributed by atoms with van der Waals surface area (Å²) in [6.45, 7) is 4.86. The molecule has 3 aromatic heterocycles. The van der Waals surface area contributed by atoms with Crippen molar-refractivity contribution in [2.24, 2.45) is 0 Å². The summed E-state index contributed by atoms with van der Waals surface area (Å²) in [5, 5.41) is 7.11. The van der Waals surface area contributed by atoms with Crippen LogP contribution in [0.1, 0.15) is 42.9 Å². The lowest BCUT2D eigenvalue weighted by Crippen LogP contribution is -2.19. The second-order valence-corrected chi connectivity index (χ2v) is 18.8. The minimum atomic E-state index is -0.148. The molecule has 3 heteroatoms. The largest absolute Gasteiger partial charge is 0.456 e. The molecule has 0 radical (unpaired) electrons. The summed E-state index contributed by atoms with van der Waals surface area (Å²) in [5.74, 6) is 0.259. The molecule has 0 amide bonds. The molecule has 0 bridgehead atoms. The smallest absolute Gasteiger partial charge is 0.135 e. The molecule has 1 unspecified atom stereocenters. The lowest BCUT2D eigenvalue weighted by molar-refractivity contribution is 0.591. The van der Waals surface area contributed by atoms with Crippen LogP contribution in [0.5, 0.6) is 0 Å². The normalized spacial score (nSPS) is 15.5. The molecular weight excluding hydrogens is 803 g/mol. The van der Waals surface area contributed by atoms with Gasteiger partial charge in [0.05, 0.1) is 11.0 Å². The van der Waals surface area contributed by atoms with E-state index in [4.69, 9.17) is 8.83 Å². The average Bonchev–Trinajstić information content (AvgIpc) is 4.09. The molecule has 0 spiro atoms. The van der Waals surface area contributed by atoms with Crippen molar-refractivity contribution in [3.8, 4) is 39.1 Å². The first-order valence-electron chi connectivity index (χ1n) is 23.1. The fraction of sp³-hybridized carbons (Fsp3) is 0.0794. The lowest BCUT2D eigenvalue weighted by Gasteiger charge is -2.29. The van der Waals surface area contributed by atoms with Gasteiger partial charge in [-0.25, -0.2) is 0 Å². The maximum atomic E-state index is 6.38. The molecule has 2 aliphatic carbocycles. The molecule has 0 saturated carbocycles. The highest BCUT2D eigenvalue weighted by Crippen LogP contribution is 2.54. The molecule has 2 aliphatic rings. The number of aromatic nitrogens is 1. The lowest BCUT2D eigenvalue weighted by atomic mass is 9.75. The van der Waals surface area contributed by atoms with Crippen LogP contribution in [0, 0.1) is 0 Å². The maximum absolute atomic E-state index is 6.38. The number of hydrogen-bond acceptors (Lipinski definition) is 2. The molecule has 3 heterocycles. The summed E-state index contributed by atoms with van der Waals surface area (Å²) in [4.78, 5) is 0. The van der Waals surface area contributed by atoms with E-state index >= 15 is 0 Å². The molecule has 3 nitrogen and oxygen atoms in total. The zero-order chi connectivity index (χ0) is 43.7. The van der Waals surface area contributed by atoms with Crippen molar-refractivity contribution in [3.05, 3.63) is 229 Å². The van der Waals surface area contributed by atoms with E-state index in [0.29, 0.717) is 0 Å². The highest BCUT2D eigenvalue weighted by atomic mass is 16.3. The first-order chi connectivity index (χ1) is 32.4. The SMILES string of the molecule is CC1(C)C2=C(C=CC(c3ccc4oc5ccc(-c6ccccc6)cc5c4c3)C2)c2cc3c4cc(-c5ccc6oc7ccc(-c8ccccc8)cc7c6c5)ccc4n(-c4ccccc4)c3cc21. The molecule has 0 N–H and O–H groups in total. The average molecular weight is 846 g/mol. The van der Waals surface area contributed by atoms with Crippen molar-refractivity contribution in [2.75, 3.05) is 0 Å². The van der Waals surface area contributed by atoms with Crippen LogP contribution >= 0.6 is 0 Å². The highest BCUT2D eigenvalue weighted by Gasteiger charge is 2.40. The molecule has 1 atom stereocenters. The number of benzene rings is 9. The van der Waals surface area contributed by atoms with E-state index in [9.17, 15) is 0 Å². The van der Waals surface area contributed by atoms with Gasteiger partial charge >= 0.3 is 0 Å². The van der Waals surface area contributed by atoms with E-state index in [1.807, 2.05) is 0 Å². The number of furan rings is 2. The summed E-state index contributed by atoms with van der Waals surface area (Å²) < 4.78 is 15.2. The van der Waals surface area contributed by atoms with E-state index in [0.717, 1.165) is 50.6 Å². The van der Waals surface area contributed by atoms with Crippen molar-refractivity contribution in [3.63, 3.8) is 0 Å². The second kappa shape index (κ2) is 13.9. The van der Waals surface area contributed by atoms with Crippen molar-refractivity contribution in [1.29, 1.82) is 0 Å². The van der Waals surface area contributed by atoms with Gasteiger partial charge in [-0.05, 0) is 147 Å². The van der Waals surface area contributed by atoms with Crippen LogP contribution in [0.15, 0.2) is 221 Å². The minimum absolute atomic E-state index is 0.148. The molecular formula is C63H43NO2. The van der Waals surface area contributed by atoms with Crippen LogP contribution in [0.3, 0.4) is 0 Å². The van der Waals surface area contributed by atoms with Gasteiger partial charge in [-0.15, -0.1) is 0 Å². The van der Waals surface area contributed by atoms with Crippen LogP contribution in [0.2, 0.25) is 0 Å². The van der Waals surface area contributed by atoms with E-state index in [1.54, 1.807) is 0 Å². The molecule has 66 heavy (non-hydrogen) atoms. The second-order valence-electron chi connectivity index (χ2n) is 18.8. The third-order valence-corrected chi connectivity index (χ3v) is 14.8. The highest BCUT2D eigenvalue weighted by molar-refractivity contribution is 6.13. The first-order valence-corrected chi connectivity index (χ1v) is 23.1. The van der Waals surface area contributed by atoms with Crippen LogP contribution < -0.4 is 0 Å². The fourth-order valence-corrected chi connectivity index (χ4v) is 11.4. The van der Waals surface area contributed by atoms with Gasteiger partial charge in [0.25, 0.3) is 0 Å². The molecule has 9 aromatic carbocycles. The summed E-state index contributed by atoms with van der Waals surface area (Å²) >= 11 is 0. The van der Waals surface area contributed by atoms with E-state index in [-0.39, 0.29) is 11.3 Å². The van der Waals surface area contributed by atoms with E-state index < -0.39 is 0 Å². The van der Waals surface area contributed by atoms with Crippen LogP contribution in [0.4, 0.5) is 0 Å². The summed E-state index contributed by atoms with van der Waals surface area (Å²) in [6, 6.07) is 70.6. The zero-order valence-electron chi connectivity index (χ0n) is 36.7. The summed E-state index contributed by atoms with van der Waals surface area (Å²) in [5.41, 5.74) is 21.2. The molecule has 0 aliphatic heterocycles. The van der Waals surface area contributed by atoms with Gasteiger partial charge < -0.3 is 13.4 Å². The number of rotatable bonds is 5.